The highest BCUT2D eigenvalue weighted by Crippen LogP contribution is 2.02. The molecule has 0 aliphatic heterocycles. The van der Waals surface area contributed by atoms with E-state index in [0.717, 1.165) is 32.4 Å². The third-order valence-corrected chi connectivity index (χ3v) is 2.71. The van der Waals surface area contributed by atoms with Gasteiger partial charge < -0.3 is 11.1 Å². The van der Waals surface area contributed by atoms with Crippen LogP contribution in [-0.4, -0.2) is 19.0 Å². The van der Waals surface area contributed by atoms with E-state index in [1.54, 1.807) is 0 Å². The average molecular weight is 228 g/mol. The van der Waals surface area contributed by atoms with E-state index in [1.807, 2.05) is 0 Å². The van der Waals surface area contributed by atoms with Crippen molar-refractivity contribution in [2.75, 3.05) is 13.1 Å². The Balaban J connectivity index is 3.11. The molecule has 3 nitrogen and oxygen atoms in total. The zero-order valence-corrected chi connectivity index (χ0v) is 10.8. The number of nitrogens with one attached hydrogen (secondary N) is 1. The Morgan fingerprint density at radius 1 is 1.00 bits per heavy atom. The summed E-state index contributed by atoms with van der Waals surface area (Å²) < 4.78 is 0. The molecule has 0 heterocycles. The Bertz CT molecular complexity index is 160. The number of amides is 1. The van der Waals surface area contributed by atoms with Crippen LogP contribution in [0.4, 0.5) is 0 Å². The fourth-order valence-electron chi connectivity index (χ4n) is 1.65. The number of hydrogen-bond donors (Lipinski definition) is 2. The number of carbonyl (C=O) groups is 1. The van der Waals surface area contributed by atoms with Gasteiger partial charge in [-0.3, -0.25) is 4.79 Å². The van der Waals surface area contributed by atoms with Crippen LogP contribution in [0.5, 0.6) is 0 Å². The summed E-state index contributed by atoms with van der Waals surface area (Å²) in [6.07, 6.45) is 9.92. The molecule has 0 atom stereocenters. The van der Waals surface area contributed by atoms with Crippen LogP contribution < -0.4 is 11.1 Å². The lowest BCUT2D eigenvalue weighted by molar-refractivity contribution is -0.121. The van der Waals surface area contributed by atoms with E-state index in [1.165, 1.54) is 32.1 Å². The van der Waals surface area contributed by atoms with Gasteiger partial charge in [0.1, 0.15) is 0 Å². The quantitative estimate of drug-likeness (QED) is 0.534. The molecule has 0 unspecified atom stereocenters. The molecule has 0 spiro atoms. The van der Waals surface area contributed by atoms with Gasteiger partial charge in [0.15, 0.2) is 0 Å². The summed E-state index contributed by atoms with van der Waals surface area (Å²) in [6, 6.07) is 0. The Hall–Kier alpha value is -0.570. The molecule has 1 amide bonds. The molecule has 0 aromatic rings. The zero-order valence-electron chi connectivity index (χ0n) is 10.8. The number of carbonyl (C=O) groups excluding carboxylic acids is 1. The maximum Gasteiger partial charge on any atom is 0.219 e. The first-order chi connectivity index (χ1) is 7.81. The number of unbranched alkanes of at least 4 members (excludes halogenated alkanes) is 6. The van der Waals surface area contributed by atoms with Gasteiger partial charge in [0.2, 0.25) is 5.91 Å². The lowest BCUT2D eigenvalue weighted by Crippen LogP contribution is -2.23. The van der Waals surface area contributed by atoms with Crippen molar-refractivity contribution in [3.05, 3.63) is 0 Å². The molecule has 0 rings (SSSR count). The largest absolute Gasteiger partial charge is 0.356 e. The van der Waals surface area contributed by atoms with Gasteiger partial charge in [-0.2, -0.15) is 0 Å². The monoisotopic (exact) mass is 228 g/mol. The van der Waals surface area contributed by atoms with Crippen molar-refractivity contribution in [3.8, 4) is 0 Å². The first-order valence-corrected chi connectivity index (χ1v) is 6.78. The molecule has 0 saturated heterocycles. The van der Waals surface area contributed by atoms with Crippen molar-refractivity contribution in [1.82, 2.24) is 5.32 Å². The first-order valence-electron chi connectivity index (χ1n) is 6.78. The molecule has 0 fully saturated rings. The summed E-state index contributed by atoms with van der Waals surface area (Å²) in [7, 11) is 0. The highest BCUT2D eigenvalue weighted by Gasteiger charge is 1.99. The van der Waals surface area contributed by atoms with Gasteiger partial charge in [-0.25, -0.2) is 0 Å². The van der Waals surface area contributed by atoms with Gasteiger partial charge in [-0.05, 0) is 25.8 Å². The van der Waals surface area contributed by atoms with Gasteiger partial charge in [-0.1, -0.05) is 39.0 Å². The lowest BCUT2D eigenvalue weighted by Gasteiger charge is -2.04. The van der Waals surface area contributed by atoms with Crippen LogP contribution in [-0.2, 0) is 4.79 Å². The summed E-state index contributed by atoms with van der Waals surface area (Å²) in [5.74, 6) is 0.218. The number of rotatable bonds is 11. The first kappa shape index (κ1) is 15.4. The molecule has 3 heteroatoms. The molecule has 16 heavy (non-hydrogen) atoms. The summed E-state index contributed by atoms with van der Waals surface area (Å²) in [4.78, 5) is 11.4. The highest BCUT2D eigenvalue weighted by atomic mass is 16.1. The lowest BCUT2D eigenvalue weighted by atomic mass is 10.1. The Morgan fingerprint density at radius 3 is 2.38 bits per heavy atom. The average Bonchev–Trinajstić information content (AvgIpc) is 2.29. The molecule has 0 aromatic heterocycles. The molecule has 0 aromatic carbocycles. The van der Waals surface area contributed by atoms with Crippen molar-refractivity contribution in [3.63, 3.8) is 0 Å². The van der Waals surface area contributed by atoms with Crippen LogP contribution in [0.3, 0.4) is 0 Å². The summed E-state index contributed by atoms with van der Waals surface area (Å²) in [6.45, 7) is 3.79. The summed E-state index contributed by atoms with van der Waals surface area (Å²) in [5.41, 5.74) is 5.40. The van der Waals surface area contributed by atoms with Crippen molar-refractivity contribution in [2.45, 2.75) is 64.7 Å². The number of hydrogen-bond acceptors (Lipinski definition) is 2. The molecule has 0 aliphatic rings. The van der Waals surface area contributed by atoms with Crippen LogP contribution >= 0.6 is 0 Å². The molecular formula is C13H28N2O. The highest BCUT2D eigenvalue weighted by molar-refractivity contribution is 5.75. The van der Waals surface area contributed by atoms with Crippen molar-refractivity contribution in [2.24, 2.45) is 5.73 Å². The second-order valence-corrected chi connectivity index (χ2v) is 4.36. The van der Waals surface area contributed by atoms with E-state index in [-0.39, 0.29) is 5.91 Å². The summed E-state index contributed by atoms with van der Waals surface area (Å²) >= 11 is 0. The smallest absolute Gasteiger partial charge is 0.219 e. The van der Waals surface area contributed by atoms with Crippen molar-refractivity contribution >= 4 is 5.91 Å². The molecule has 0 saturated carbocycles. The van der Waals surface area contributed by atoms with Crippen LogP contribution in [0.15, 0.2) is 0 Å². The van der Waals surface area contributed by atoms with E-state index in [4.69, 9.17) is 5.73 Å². The minimum absolute atomic E-state index is 0.218. The Labute approximate surface area is 100 Å². The van der Waals surface area contributed by atoms with Crippen molar-refractivity contribution < 1.29 is 4.79 Å². The molecular weight excluding hydrogens is 200 g/mol. The van der Waals surface area contributed by atoms with E-state index in [9.17, 15) is 4.79 Å². The van der Waals surface area contributed by atoms with Gasteiger partial charge in [0.05, 0.1) is 0 Å². The predicted octanol–water partition coefficient (Wildman–Crippen LogP) is 2.59. The van der Waals surface area contributed by atoms with Crippen molar-refractivity contribution in [1.29, 1.82) is 0 Å². The zero-order chi connectivity index (χ0) is 12.1. The Kier molecular flexibility index (Phi) is 12.1. The maximum absolute atomic E-state index is 11.4. The SMILES string of the molecule is CCCCCCC(=O)NCCCCCCN. The fraction of sp³-hybridized carbons (Fsp3) is 0.923. The standard InChI is InChI=1S/C13H28N2O/c1-2-3-4-7-10-13(16)15-12-9-6-5-8-11-14/h2-12,14H2,1H3,(H,15,16). The molecule has 0 aliphatic carbocycles. The molecule has 0 radical (unpaired) electrons. The fourth-order valence-corrected chi connectivity index (χ4v) is 1.65. The third-order valence-electron chi connectivity index (χ3n) is 2.71. The van der Waals surface area contributed by atoms with Gasteiger partial charge in [0.25, 0.3) is 0 Å². The minimum atomic E-state index is 0.218. The van der Waals surface area contributed by atoms with Crippen LogP contribution in [0, 0.1) is 0 Å². The molecule has 0 bridgehead atoms. The second-order valence-electron chi connectivity index (χ2n) is 4.36. The number of nitrogens with two attached hydrogens (primary N) is 1. The molecule has 96 valence electrons. The minimum Gasteiger partial charge on any atom is -0.356 e. The van der Waals surface area contributed by atoms with Gasteiger partial charge in [0, 0.05) is 13.0 Å². The second kappa shape index (κ2) is 12.5. The van der Waals surface area contributed by atoms with E-state index >= 15 is 0 Å². The van der Waals surface area contributed by atoms with E-state index in [0.29, 0.717) is 6.42 Å². The third kappa shape index (κ3) is 11.5. The van der Waals surface area contributed by atoms with Crippen LogP contribution in [0.1, 0.15) is 64.7 Å². The Morgan fingerprint density at radius 2 is 1.69 bits per heavy atom. The normalized spacial score (nSPS) is 10.4. The van der Waals surface area contributed by atoms with Crippen LogP contribution in [0.2, 0.25) is 0 Å². The van der Waals surface area contributed by atoms with Crippen LogP contribution in [0.25, 0.3) is 0 Å². The summed E-state index contributed by atoms with van der Waals surface area (Å²) in [5, 5.41) is 2.97. The predicted molar refractivity (Wildman–Crippen MR) is 69.3 cm³/mol. The van der Waals surface area contributed by atoms with E-state index in [2.05, 4.69) is 12.2 Å². The van der Waals surface area contributed by atoms with Gasteiger partial charge >= 0.3 is 0 Å². The molecule has 3 N–H and O–H groups in total. The topological polar surface area (TPSA) is 55.1 Å². The van der Waals surface area contributed by atoms with Gasteiger partial charge in [-0.15, -0.1) is 0 Å². The van der Waals surface area contributed by atoms with E-state index < -0.39 is 0 Å². The maximum atomic E-state index is 11.4.